The molecule has 1 aromatic carbocycles. The Morgan fingerprint density at radius 3 is 2.56 bits per heavy atom. The van der Waals surface area contributed by atoms with E-state index in [2.05, 4.69) is 12.1 Å². The molecule has 2 aromatic rings. The molecule has 1 aromatic heterocycles. The number of carbonyl (C=O) groups is 1. The number of rotatable bonds is 10. The maximum absolute atomic E-state index is 13.1. The molecule has 0 aliphatic heterocycles. The SMILES string of the molecule is O=C(O)CC(CCCCCCc1ccc2c(n1)CCCC2)c1cc(Cl)cc(C(F)(F)F)c1. The molecule has 174 valence electrons. The lowest BCUT2D eigenvalue weighted by Crippen LogP contribution is -2.10. The second kappa shape index (κ2) is 11.2. The van der Waals surface area contributed by atoms with Gasteiger partial charge in [0.05, 0.1) is 12.0 Å². The lowest BCUT2D eigenvalue weighted by Gasteiger charge is -2.18. The summed E-state index contributed by atoms with van der Waals surface area (Å²) in [6.07, 6.45) is 4.95. The van der Waals surface area contributed by atoms with Gasteiger partial charge < -0.3 is 5.11 Å². The van der Waals surface area contributed by atoms with Crippen molar-refractivity contribution in [2.75, 3.05) is 0 Å². The zero-order valence-corrected chi connectivity index (χ0v) is 18.8. The fraction of sp³-hybridized carbons (Fsp3) is 0.520. The monoisotopic (exact) mass is 467 g/mol. The quantitative estimate of drug-likeness (QED) is 0.371. The highest BCUT2D eigenvalue weighted by atomic mass is 35.5. The molecule has 1 unspecified atom stereocenters. The first-order valence-corrected chi connectivity index (χ1v) is 11.7. The number of aryl methyl sites for hydroxylation is 3. The predicted octanol–water partition coefficient (Wildman–Crippen LogP) is 7.38. The van der Waals surface area contributed by atoms with Crippen molar-refractivity contribution in [3.63, 3.8) is 0 Å². The molecule has 0 amide bonds. The lowest BCUT2D eigenvalue weighted by molar-refractivity contribution is -0.138. The van der Waals surface area contributed by atoms with Gasteiger partial charge in [-0.1, -0.05) is 36.9 Å². The molecule has 0 radical (unpaired) electrons. The first kappa shape index (κ1) is 24.6. The summed E-state index contributed by atoms with van der Waals surface area (Å²) < 4.78 is 39.4. The number of benzene rings is 1. The number of hydrogen-bond donors (Lipinski definition) is 1. The first-order valence-electron chi connectivity index (χ1n) is 11.3. The Hall–Kier alpha value is -2.08. The Bertz CT molecular complexity index is 930. The number of alkyl halides is 3. The van der Waals surface area contributed by atoms with Gasteiger partial charge in [-0.25, -0.2) is 0 Å². The van der Waals surface area contributed by atoms with Gasteiger partial charge in [0.1, 0.15) is 0 Å². The van der Waals surface area contributed by atoms with E-state index in [1.165, 1.54) is 30.2 Å². The Balaban J connectivity index is 1.50. The number of unbranched alkanes of at least 4 members (excludes halogenated alkanes) is 3. The second-order valence-electron chi connectivity index (χ2n) is 8.63. The van der Waals surface area contributed by atoms with Crippen molar-refractivity contribution in [3.05, 3.63) is 63.4 Å². The molecule has 1 aliphatic carbocycles. The van der Waals surface area contributed by atoms with Crippen LogP contribution in [0.25, 0.3) is 0 Å². The summed E-state index contributed by atoms with van der Waals surface area (Å²) >= 11 is 5.89. The minimum Gasteiger partial charge on any atom is -0.481 e. The van der Waals surface area contributed by atoms with Gasteiger partial charge in [0.2, 0.25) is 0 Å². The van der Waals surface area contributed by atoms with E-state index in [0.29, 0.717) is 12.0 Å². The third kappa shape index (κ3) is 7.22. The Morgan fingerprint density at radius 1 is 1.06 bits per heavy atom. The van der Waals surface area contributed by atoms with Crippen LogP contribution in [0.5, 0.6) is 0 Å². The molecule has 1 N–H and O–H groups in total. The molecule has 0 bridgehead atoms. The summed E-state index contributed by atoms with van der Waals surface area (Å²) in [5, 5.41) is 9.21. The molecule has 0 saturated heterocycles. The third-order valence-corrected chi connectivity index (χ3v) is 6.33. The summed E-state index contributed by atoms with van der Waals surface area (Å²) in [7, 11) is 0. The average Bonchev–Trinajstić information content (AvgIpc) is 2.74. The van der Waals surface area contributed by atoms with E-state index in [0.717, 1.165) is 62.8 Å². The Kier molecular flexibility index (Phi) is 8.57. The van der Waals surface area contributed by atoms with Gasteiger partial charge >= 0.3 is 12.1 Å². The third-order valence-electron chi connectivity index (χ3n) is 6.11. The van der Waals surface area contributed by atoms with Crippen LogP contribution in [0.2, 0.25) is 5.02 Å². The average molecular weight is 468 g/mol. The molecular weight excluding hydrogens is 439 g/mol. The van der Waals surface area contributed by atoms with Gasteiger partial charge in [-0.3, -0.25) is 9.78 Å². The second-order valence-corrected chi connectivity index (χ2v) is 9.07. The number of aromatic nitrogens is 1. The van der Waals surface area contributed by atoms with Crippen molar-refractivity contribution >= 4 is 17.6 Å². The molecule has 32 heavy (non-hydrogen) atoms. The minimum atomic E-state index is -4.52. The highest BCUT2D eigenvalue weighted by molar-refractivity contribution is 6.30. The van der Waals surface area contributed by atoms with Crippen LogP contribution in [0.4, 0.5) is 13.2 Å². The minimum absolute atomic E-state index is 0.0252. The highest BCUT2D eigenvalue weighted by Gasteiger charge is 2.32. The summed E-state index contributed by atoms with van der Waals surface area (Å²) in [6, 6.07) is 7.67. The summed E-state index contributed by atoms with van der Waals surface area (Å²) in [5.41, 5.74) is 3.23. The summed E-state index contributed by atoms with van der Waals surface area (Å²) in [6.45, 7) is 0. The zero-order valence-electron chi connectivity index (χ0n) is 18.1. The van der Waals surface area contributed by atoms with Crippen molar-refractivity contribution in [1.29, 1.82) is 0 Å². The van der Waals surface area contributed by atoms with Crippen LogP contribution in [0.1, 0.15) is 85.4 Å². The first-order chi connectivity index (χ1) is 15.2. The van der Waals surface area contributed by atoms with E-state index < -0.39 is 23.6 Å². The smallest absolute Gasteiger partial charge is 0.416 e. The van der Waals surface area contributed by atoms with Crippen molar-refractivity contribution in [1.82, 2.24) is 4.98 Å². The molecule has 1 heterocycles. The van der Waals surface area contributed by atoms with E-state index in [4.69, 9.17) is 16.6 Å². The number of pyridine rings is 1. The standard InChI is InChI=1S/C25H29ClF3NO2/c26-21-14-19(13-20(16-21)25(27,28)29)18(15-24(31)32)8-3-1-2-4-9-22-12-11-17-7-5-6-10-23(17)30-22/h11-14,16,18H,1-10,15H2,(H,31,32). The van der Waals surface area contributed by atoms with Gasteiger partial charge in [-0.15, -0.1) is 0 Å². The van der Waals surface area contributed by atoms with Crippen molar-refractivity contribution < 1.29 is 23.1 Å². The molecule has 1 atom stereocenters. The summed E-state index contributed by atoms with van der Waals surface area (Å²) in [4.78, 5) is 16.1. The van der Waals surface area contributed by atoms with Crippen molar-refractivity contribution in [2.24, 2.45) is 0 Å². The number of nitrogens with zero attached hydrogens (tertiary/aromatic N) is 1. The van der Waals surface area contributed by atoms with Gasteiger partial charge in [-0.2, -0.15) is 13.2 Å². The van der Waals surface area contributed by atoms with Crippen molar-refractivity contribution in [2.45, 2.75) is 82.7 Å². The number of hydrogen-bond acceptors (Lipinski definition) is 2. The number of fused-ring (bicyclic) bond motifs is 1. The van der Waals surface area contributed by atoms with Crippen LogP contribution in [-0.4, -0.2) is 16.1 Å². The van der Waals surface area contributed by atoms with Gasteiger partial charge in [-0.05, 0) is 86.3 Å². The number of carboxylic acid groups (broad SMARTS) is 1. The van der Waals surface area contributed by atoms with Gasteiger partial charge in [0.15, 0.2) is 0 Å². The topological polar surface area (TPSA) is 50.2 Å². The Labute approximate surface area is 192 Å². The van der Waals surface area contributed by atoms with E-state index in [1.54, 1.807) is 0 Å². The molecular formula is C25H29ClF3NO2. The summed E-state index contributed by atoms with van der Waals surface area (Å²) in [5.74, 6) is -1.52. The van der Waals surface area contributed by atoms with Crippen LogP contribution in [0, 0.1) is 0 Å². The lowest BCUT2D eigenvalue weighted by atomic mass is 9.89. The molecule has 3 nitrogen and oxygen atoms in total. The van der Waals surface area contributed by atoms with E-state index in [-0.39, 0.29) is 11.4 Å². The Morgan fingerprint density at radius 2 is 1.81 bits per heavy atom. The van der Waals surface area contributed by atoms with E-state index in [9.17, 15) is 23.1 Å². The maximum Gasteiger partial charge on any atom is 0.416 e. The number of carboxylic acids is 1. The van der Waals surface area contributed by atoms with E-state index >= 15 is 0 Å². The molecule has 0 spiro atoms. The molecule has 1 aliphatic rings. The zero-order chi connectivity index (χ0) is 23.1. The van der Waals surface area contributed by atoms with Crippen LogP contribution in [0.3, 0.4) is 0 Å². The van der Waals surface area contributed by atoms with Crippen LogP contribution < -0.4 is 0 Å². The van der Waals surface area contributed by atoms with E-state index in [1.807, 2.05) is 0 Å². The fourth-order valence-electron chi connectivity index (χ4n) is 4.43. The normalized spacial score (nSPS) is 14.8. The van der Waals surface area contributed by atoms with Crippen LogP contribution in [0.15, 0.2) is 30.3 Å². The molecule has 3 rings (SSSR count). The molecule has 7 heteroatoms. The molecule has 0 fully saturated rings. The van der Waals surface area contributed by atoms with Gasteiger partial charge in [0.25, 0.3) is 0 Å². The van der Waals surface area contributed by atoms with Crippen LogP contribution in [-0.2, 0) is 30.2 Å². The predicted molar refractivity (Wildman–Crippen MR) is 119 cm³/mol. The van der Waals surface area contributed by atoms with Crippen molar-refractivity contribution in [3.8, 4) is 0 Å². The maximum atomic E-state index is 13.1. The number of aliphatic carboxylic acids is 1. The highest BCUT2D eigenvalue weighted by Crippen LogP contribution is 2.36. The fourth-order valence-corrected chi connectivity index (χ4v) is 4.67. The largest absolute Gasteiger partial charge is 0.481 e. The number of halogens is 4. The van der Waals surface area contributed by atoms with Gasteiger partial charge in [0, 0.05) is 16.4 Å². The molecule has 0 saturated carbocycles. The van der Waals surface area contributed by atoms with Crippen LogP contribution >= 0.6 is 11.6 Å².